The summed E-state index contributed by atoms with van der Waals surface area (Å²) in [6.07, 6.45) is 7.15. The van der Waals surface area contributed by atoms with Gasteiger partial charge in [0, 0.05) is 17.9 Å². The number of benzene rings is 1. The summed E-state index contributed by atoms with van der Waals surface area (Å²) in [5.74, 6) is 7.30. The van der Waals surface area contributed by atoms with E-state index >= 15 is 0 Å². The minimum absolute atomic E-state index is 0.132. The molecule has 0 heterocycles. The molecule has 0 saturated carbocycles. The van der Waals surface area contributed by atoms with Crippen LogP contribution in [0.3, 0.4) is 0 Å². The molecular formula is C17H20O. The lowest BCUT2D eigenvalue weighted by Gasteiger charge is -2.12. The van der Waals surface area contributed by atoms with Crippen LogP contribution in [0.5, 0.6) is 0 Å². The fourth-order valence-corrected chi connectivity index (χ4v) is 2.38. The molecule has 0 N–H and O–H groups in total. The van der Waals surface area contributed by atoms with Crippen LogP contribution in [0.4, 0.5) is 0 Å². The van der Waals surface area contributed by atoms with Gasteiger partial charge in [-0.15, -0.1) is 5.92 Å². The number of rotatable bonds is 3. The van der Waals surface area contributed by atoms with Gasteiger partial charge in [-0.25, -0.2) is 0 Å². The van der Waals surface area contributed by atoms with Crippen molar-refractivity contribution in [1.82, 2.24) is 0 Å². The fraction of sp³-hybridized carbons (Fsp3) is 0.471. The van der Waals surface area contributed by atoms with Gasteiger partial charge in [0.15, 0.2) is 5.78 Å². The van der Waals surface area contributed by atoms with Crippen molar-refractivity contribution in [3.05, 3.63) is 35.4 Å². The van der Waals surface area contributed by atoms with Gasteiger partial charge in [-0.2, -0.15) is 0 Å². The molecule has 1 aliphatic carbocycles. The molecule has 1 heteroatoms. The van der Waals surface area contributed by atoms with Crippen LogP contribution < -0.4 is 0 Å². The van der Waals surface area contributed by atoms with E-state index in [0.717, 1.165) is 18.4 Å². The zero-order valence-corrected chi connectivity index (χ0v) is 11.0. The third-order valence-corrected chi connectivity index (χ3v) is 3.50. The van der Waals surface area contributed by atoms with Crippen molar-refractivity contribution in [1.29, 1.82) is 0 Å². The predicted molar refractivity (Wildman–Crippen MR) is 74.5 cm³/mol. The van der Waals surface area contributed by atoms with Crippen molar-refractivity contribution in [2.75, 3.05) is 0 Å². The number of ketones is 1. The van der Waals surface area contributed by atoms with Crippen molar-refractivity contribution in [2.24, 2.45) is 5.92 Å². The van der Waals surface area contributed by atoms with E-state index in [1.54, 1.807) is 6.92 Å². The monoisotopic (exact) mass is 240 g/mol. The molecule has 18 heavy (non-hydrogen) atoms. The van der Waals surface area contributed by atoms with E-state index in [1.807, 2.05) is 12.1 Å². The molecule has 0 bridgehead atoms. The Kier molecular flexibility index (Phi) is 4.59. The molecule has 0 radical (unpaired) electrons. The summed E-state index contributed by atoms with van der Waals surface area (Å²) in [5.41, 5.74) is 2.09. The van der Waals surface area contributed by atoms with Crippen LogP contribution in [0, 0.1) is 17.8 Å². The lowest BCUT2D eigenvalue weighted by atomic mass is 9.92. The zero-order valence-electron chi connectivity index (χ0n) is 11.0. The minimum Gasteiger partial charge on any atom is -0.295 e. The van der Waals surface area contributed by atoms with E-state index in [0.29, 0.717) is 5.92 Å². The largest absolute Gasteiger partial charge is 0.295 e. The number of carbonyl (C=O) groups excluding carboxylic acids is 1. The van der Waals surface area contributed by atoms with E-state index in [4.69, 9.17) is 0 Å². The third kappa shape index (κ3) is 3.74. The molecule has 1 aromatic carbocycles. The van der Waals surface area contributed by atoms with Gasteiger partial charge in [0.25, 0.3) is 0 Å². The molecule has 0 spiro atoms. The Hall–Kier alpha value is -1.55. The number of carbonyl (C=O) groups is 1. The fourth-order valence-electron chi connectivity index (χ4n) is 2.38. The number of hydrogen-bond acceptors (Lipinski definition) is 1. The second kappa shape index (κ2) is 6.40. The lowest BCUT2D eigenvalue weighted by Crippen LogP contribution is -2.04. The maximum atomic E-state index is 11.2. The van der Waals surface area contributed by atoms with Gasteiger partial charge in [0.05, 0.1) is 0 Å². The third-order valence-electron chi connectivity index (χ3n) is 3.50. The summed E-state index contributed by atoms with van der Waals surface area (Å²) in [7, 11) is 0. The van der Waals surface area contributed by atoms with Crippen LogP contribution in [-0.2, 0) is 6.42 Å². The Balaban J connectivity index is 2.01. The van der Waals surface area contributed by atoms with E-state index in [9.17, 15) is 4.79 Å². The topological polar surface area (TPSA) is 17.1 Å². The SMILES string of the molecule is CC(=O)c1ccc(CC2C#CCCCCC2)cc1. The molecule has 1 nitrogen and oxygen atoms in total. The van der Waals surface area contributed by atoms with Crippen LogP contribution in [0.1, 0.15) is 54.9 Å². The average Bonchev–Trinajstić information content (AvgIpc) is 2.33. The first-order valence-corrected chi connectivity index (χ1v) is 6.84. The highest BCUT2D eigenvalue weighted by molar-refractivity contribution is 5.93. The molecule has 1 aliphatic rings. The van der Waals surface area contributed by atoms with E-state index < -0.39 is 0 Å². The molecule has 0 aromatic heterocycles. The first-order valence-electron chi connectivity index (χ1n) is 6.84. The quantitative estimate of drug-likeness (QED) is 0.576. The summed E-state index contributed by atoms with van der Waals surface area (Å²) in [6.45, 7) is 1.61. The van der Waals surface area contributed by atoms with Crippen LogP contribution in [0.15, 0.2) is 24.3 Å². The second-order valence-corrected chi connectivity index (χ2v) is 5.07. The van der Waals surface area contributed by atoms with Gasteiger partial charge in [-0.05, 0) is 31.7 Å². The molecular weight excluding hydrogens is 220 g/mol. The first-order chi connectivity index (χ1) is 8.75. The minimum atomic E-state index is 0.132. The average molecular weight is 240 g/mol. The first kappa shape index (κ1) is 12.9. The Morgan fingerprint density at radius 3 is 2.72 bits per heavy atom. The molecule has 0 aliphatic heterocycles. The van der Waals surface area contributed by atoms with Gasteiger partial charge in [-0.1, -0.05) is 43.0 Å². The van der Waals surface area contributed by atoms with Gasteiger partial charge in [0.1, 0.15) is 0 Å². The van der Waals surface area contributed by atoms with Crippen LogP contribution in [0.25, 0.3) is 0 Å². The molecule has 1 atom stereocenters. The van der Waals surface area contributed by atoms with Gasteiger partial charge >= 0.3 is 0 Å². The van der Waals surface area contributed by atoms with Crippen LogP contribution in [-0.4, -0.2) is 5.78 Å². The second-order valence-electron chi connectivity index (χ2n) is 5.07. The predicted octanol–water partition coefficient (Wildman–Crippen LogP) is 4.02. The Morgan fingerprint density at radius 1 is 1.22 bits per heavy atom. The van der Waals surface area contributed by atoms with Crippen molar-refractivity contribution in [3.63, 3.8) is 0 Å². The van der Waals surface area contributed by atoms with Crippen molar-refractivity contribution in [3.8, 4) is 11.8 Å². The Labute approximate surface area is 110 Å². The Morgan fingerprint density at radius 2 is 2.00 bits per heavy atom. The van der Waals surface area contributed by atoms with Gasteiger partial charge < -0.3 is 0 Å². The molecule has 1 aromatic rings. The number of hydrogen-bond donors (Lipinski definition) is 0. The maximum Gasteiger partial charge on any atom is 0.159 e. The Bertz CT molecular complexity index is 459. The molecule has 94 valence electrons. The highest BCUT2D eigenvalue weighted by Crippen LogP contribution is 2.18. The molecule has 1 unspecified atom stereocenters. The highest BCUT2D eigenvalue weighted by atomic mass is 16.1. The highest BCUT2D eigenvalue weighted by Gasteiger charge is 2.08. The van der Waals surface area contributed by atoms with Crippen molar-refractivity contribution >= 4 is 5.78 Å². The van der Waals surface area contributed by atoms with E-state index in [-0.39, 0.29) is 5.78 Å². The molecule has 0 amide bonds. The van der Waals surface area contributed by atoms with Crippen LogP contribution >= 0.6 is 0 Å². The zero-order chi connectivity index (χ0) is 12.8. The number of Topliss-reactive ketones (excluding diaryl/α,β-unsaturated/α-hetero) is 1. The van der Waals surface area contributed by atoms with E-state index in [2.05, 4.69) is 24.0 Å². The summed E-state index contributed by atoms with van der Waals surface area (Å²) >= 11 is 0. The molecule has 0 saturated heterocycles. The maximum absolute atomic E-state index is 11.2. The van der Waals surface area contributed by atoms with Crippen molar-refractivity contribution in [2.45, 2.75) is 45.4 Å². The summed E-state index contributed by atoms with van der Waals surface area (Å²) in [5, 5.41) is 0. The summed E-state index contributed by atoms with van der Waals surface area (Å²) in [4.78, 5) is 11.2. The molecule has 2 rings (SSSR count). The summed E-state index contributed by atoms with van der Waals surface area (Å²) < 4.78 is 0. The van der Waals surface area contributed by atoms with E-state index in [1.165, 1.54) is 31.2 Å². The van der Waals surface area contributed by atoms with Gasteiger partial charge in [0.2, 0.25) is 0 Å². The smallest absolute Gasteiger partial charge is 0.159 e. The van der Waals surface area contributed by atoms with Crippen molar-refractivity contribution < 1.29 is 4.79 Å². The van der Waals surface area contributed by atoms with Crippen LogP contribution in [0.2, 0.25) is 0 Å². The summed E-state index contributed by atoms with van der Waals surface area (Å²) in [6, 6.07) is 7.98. The normalized spacial score (nSPS) is 19.3. The lowest BCUT2D eigenvalue weighted by molar-refractivity contribution is 0.101. The molecule has 0 fully saturated rings. The van der Waals surface area contributed by atoms with Gasteiger partial charge in [-0.3, -0.25) is 4.79 Å². The standard InChI is InChI=1S/C17H20O/c1-14(18)17-11-9-16(10-12-17)13-15-7-5-3-2-4-6-8-15/h9-12,15H,2-5,7,13H2,1H3.